The second kappa shape index (κ2) is 3.77. The van der Waals surface area contributed by atoms with Gasteiger partial charge in [-0.15, -0.1) is 0 Å². The van der Waals surface area contributed by atoms with Gasteiger partial charge in [-0.1, -0.05) is 19.1 Å². The fourth-order valence-electron chi connectivity index (χ4n) is 1.59. The summed E-state index contributed by atoms with van der Waals surface area (Å²) in [5, 5.41) is 9.39. The molecule has 2 rings (SSSR count). The summed E-state index contributed by atoms with van der Waals surface area (Å²) in [5.41, 5.74) is 1.72. The van der Waals surface area contributed by atoms with Crippen LogP contribution in [-0.4, -0.2) is 10.1 Å². The third-order valence-electron chi connectivity index (χ3n) is 2.24. The topological polar surface area (TPSA) is 46.3 Å². The Morgan fingerprint density at radius 3 is 2.87 bits per heavy atom. The molecule has 0 radical (unpaired) electrons. The molecule has 0 atom stereocenters. The molecule has 0 aliphatic rings. The number of benzene rings is 1. The normalized spacial score (nSPS) is 10.5. The van der Waals surface area contributed by atoms with Crippen molar-refractivity contribution in [3.63, 3.8) is 0 Å². The van der Waals surface area contributed by atoms with E-state index < -0.39 is 0 Å². The van der Waals surface area contributed by atoms with Gasteiger partial charge < -0.3 is 9.52 Å². The van der Waals surface area contributed by atoms with E-state index in [2.05, 4.69) is 4.98 Å². The smallest absolute Gasteiger partial charge is 0.191 e. The van der Waals surface area contributed by atoms with Gasteiger partial charge in [0.15, 0.2) is 5.89 Å². The minimum atomic E-state index is 0.246. The number of nitrogens with zero attached hydrogens (tertiary/aromatic N) is 1. The monoisotopic (exact) mass is 203 g/mol. The first-order valence-corrected chi connectivity index (χ1v) is 4.96. The van der Waals surface area contributed by atoms with Gasteiger partial charge in [0.25, 0.3) is 0 Å². The second-order valence-electron chi connectivity index (χ2n) is 3.41. The number of aromatic nitrogens is 1. The highest BCUT2D eigenvalue weighted by Crippen LogP contribution is 2.26. The quantitative estimate of drug-likeness (QED) is 0.816. The van der Waals surface area contributed by atoms with Crippen LogP contribution in [0.1, 0.15) is 18.6 Å². The number of phenols is 1. The second-order valence-corrected chi connectivity index (χ2v) is 3.41. The van der Waals surface area contributed by atoms with Crippen LogP contribution in [0.2, 0.25) is 0 Å². The van der Waals surface area contributed by atoms with Crippen molar-refractivity contribution in [2.75, 3.05) is 0 Å². The van der Waals surface area contributed by atoms with E-state index in [0.29, 0.717) is 5.89 Å². The third-order valence-corrected chi connectivity index (χ3v) is 2.24. The highest BCUT2D eigenvalue weighted by atomic mass is 16.4. The van der Waals surface area contributed by atoms with Crippen LogP contribution in [0.25, 0.3) is 11.3 Å². The molecule has 0 spiro atoms. The molecule has 0 saturated carbocycles. The molecule has 0 aliphatic carbocycles. The molecule has 0 saturated heterocycles. The lowest BCUT2D eigenvalue weighted by molar-refractivity contribution is 0.475. The van der Waals surface area contributed by atoms with Crippen LogP contribution in [0.5, 0.6) is 5.75 Å². The minimum absolute atomic E-state index is 0.246. The summed E-state index contributed by atoms with van der Waals surface area (Å²) >= 11 is 0. The van der Waals surface area contributed by atoms with Crippen LogP contribution in [0.4, 0.5) is 0 Å². The molecule has 0 bridgehead atoms. The number of oxazole rings is 1. The van der Waals surface area contributed by atoms with E-state index >= 15 is 0 Å². The van der Waals surface area contributed by atoms with Gasteiger partial charge in [0, 0.05) is 18.9 Å². The zero-order valence-electron chi connectivity index (χ0n) is 8.82. The summed E-state index contributed by atoms with van der Waals surface area (Å²) < 4.78 is 5.47. The average molecular weight is 203 g/mol. The van der Waals surface area contributed by atoms with Crippen LogP contribution in [0.15, 0.2) is 28.7 Å². The van der Waals surface area contributed by atoms with Gasteiger partial charge in [0.1, 0.15) is 17.2 Å². The lowest BCUT2D eigenvalue weighted by atomic mass is 10.1. The zero-order valence-corrected chi connectivity index (χ0v) is 8.82. The number of aromatic hydroxyl groups is 1. The molecule has 78 valence electrons. The average Bonchev–Trinajstić information content (AvgIpc) is 2.59. The Morgan fingerprint density at radius 2 is 2.20 bits per heavy atom. The van der Waals surface area contributed by atoms with Crippen molar-refractivity contribution in [2.24, 2.45) is 0 Å². The maximum atomic E-state index is 9.39. The molecule has 0 amide bonds. The molecular weight excluding hydrogens is 190 g/mol. The lowest BCUT2D eigenvalue weighted by Crippen LogP contribution is -1.83. The molecule has 1 aromatic heterocycles. The summed E-state index contributed by atoms with van der Waals surface area (Å²) in [7, 11) is 0. The van der Waals surface area contributed by atoms with Crippen LogP contribution >= 0.6 is 0 Å². The van der Waals surface area contributed by atoms with E-state index in [1.54, 1.807) is 18.2 Å². The number of aryl methyl sites for hydroxylation is 2. The van der Waals surface area contributed by atoms with Crippen LogP contribution < -0.4 is 0 Å². The Balaban J connectivity index is 2.53. The van der Waals surface area contributed by atoms with Gasteiger partial charge in [-0.2, -0.15) is 0 Å². The summed E-state index contributed by atoms with van der Waals surface area (Å²) in [4.78, 5) is 4.32. The lowest BCUT2D eigenvalue weighted by Gasteiger charge is -1.99. The summed E-state index contributed by atoms with van der Waals surface area (Å²) in [6.07, 6.45) is 0.797. The van der Waals surface area contributed by atoms with E-state index in [0.717, 1.165) is 23.4 Å². The Kier molecular flexibility index (Phi) is 2.46. The van der Waals surface area contributed by atoms with Gasteiger partial charge in [-0.05, 0) is 12.1 Å². The molecule has 0 fully saturated rings. The van der Waals surface area contributed by atoms with Crippen molar-refractivity contribution in [1.29, 1.82) is 0 Å². The van der Waals surface area contributed by atoms with Crippen molar-refractivity contribution >= 4 is 0 Å². The molecule has 1 N–H and O–H groups in total. The standard InChI is InChI=1S/C12H13NO2/c1-3-11-12(13-8(2)15-11)9-5-4-6-10(14)7-9/h4-7,14H,3H2,1-2H3. The first-order valence-electron chi connectivity index (χ1n) is 4.96. The van der Waals surface area contributed by atoms with Gasteiger partial charge in [-0.3, -0.25) is 0 Å². The third kappa shape index (κ3) is 1.86. The van der Waals surface area contributed by atoms with Crippen molar-refractivity contribution in [2.45, 2.75) is 20.3 Å². The Bertz CT molecular complexity index is 474. The van der Waals surface area contributed by atoms with E-state index in [-0.39, 0.29) is 5.75 Å². The Hall–Kier alpha value is -1.77. The Morgan fingerprint density at radius 1 is 1.40 bits per heavy atom. The molecule has 15 heavy (non-hydrogen) atoms. The maximum absolute atomic E-state index is 9.39. The maximum Gasteiger partial charge on any atom is 0.191 e. The molecule has 0 aliphatic heterocycles. The molecule has 3 heteroatoms. The number of phenolic OH excluding ortho intramolecular Hbond substituents is 1. The van der Waals surface area contributed by atoms with Crippen molar-refractivity contribution in [3.05, 3.63) is 35.9 Å². The first-order chi connectivity index (χ1) is 7.20. The fourth-order valence-corrected chi connectivity index (χ4v) is 1.59. The molecule has 0 unspecified atom stereocenters. The highest BCUT2D eigenvalue weighted by molar-refractivity contribution is 5.63. The van der Waals surface area contributed by atoms with Crippen LogP contribution in [0, 0.1) is 6.92 Å². The summed E-state index contributed by atoms with van der Waals surface area (Å²) in [6, 6.07) is 7.04. The molecule has 2 aromatic rings. The van der Waals surface area contributed by atoms with E-state index in [9.17, 15) is 5.11 Å². The molecule has 3 nitrogen and oxygen atoms in total. The van der Waals surface area contributed by atoms with Gasteiger partial charge >= 0.3 is 0 Å². The zero-order chi connectivity index (χ0) is 10.8. The van der Waals surface area contributed by atoms with Gasteiger partial charge in [0.05, 0.1) is 0 Å². The van der Waals surface area contributed by atoms with E-state index in [1.165, 1.54) is 0 Å². The predicted octanol–water partition coefficient (Wildman–Crippen LogP) is 2.92. The largest absolute Gasteiger partial charge is 0.508 e. The van der Waals surface area contributed by atoms with Gasteiger partial charge in [0.2, 0.25) is 0 Å². The molecular formula is C12H13NO2. The summed E-state index contributed by atoms with van der Waals surface area (Å²) in [6.45, 7) is 3.84. The first kappa shape index (κ1) is 9.77. The van der Waals surface area contributed by atoms with E-state index in [4.69, 9.17) is 4.42 Å². The van der Waals surface area contributed by atoms with Crippen molar-refractivity contribution in [1.82, 2.24) is 4.98 Å². The number of rotatable bonds is 2. The minimum Gasteiger partial charge on any atom is -0.508 e. The number of hydrogen-bond donors (Lipinski definition) is 1. The van der Waals surface area contributed by atoms with Gasteiger partial charge in [-0.25, -0.2) is 4.98 Å². The molecule has 1 heterocycles. The fraction of sp³-hybridized carbons (Fsp3) is 0.250. The van der Waals surface area contributed by atoms with Crippen molar-refractivity contribution in [3.8, 4) is 17.0 Å². The predicted molar refractivity (Wildman–Crippen MR) is 57.7 cm³/mol. The van der Waals surface area contributed by atoms with E-state index in [1.807, 2.05) is 19.9 Å². The highest BCUT2D eigenvalue weighted by Gasteiger charge is 2.11. The summed E-state index contributed by atoms with van der Waals surface area (Å²) in [5.74, 6) is 1.76. The number of hydrogen-bond acceptors (Lipinski definition) is 3. The van der Waals surface area contributed by atoms with Crippen LogP contribution in [-0.2, 0) is 6.42 Å². The SMILES string of the molecule is CCc1oc(C)nc1-c1cccc(O)c1. The van der Waals surface area contributed by atoms with Crippen LogP contribution in [0.3, 0.4) is 0 Å². The van der Waals surface area contributed by atoms with Crippen molar-refractivity contribution < 1.29 is 9.52 Å². The Labute approximate surface area is 88.4 Å². The molecule has 1 aromatic carbocycles.